The van der Waals surface area contributed by atoms with Crippen molar-refractivity contribution in [3.63, 3.8) is 0 Å². The summed E-state index contributed by atoms with van der Waals surface area (Å²) >= 11 is 5.89. The standard InChI is InChI=1S/C14H13ClN2O2/c15-11-5-3-6-12(13(11)14(18)19)17-9-7-10-4-1-2-8-16-10/h1-6,8,17H,7,9H2,(H,18,19). The number of rotatable bonds is 5. The number of hydrogen-bond donors (Lipinski definition) is 2. The van der Waals surface area contributed by atoms with Crippen molar-refractivity contribution in [3.8, 4) is 0 Å². The van der Waals surface area contributed by atoms with E-state index in [4.69, 9.17) is 16.7 Å². The topological polar surface area (TPSA) is 62.2 Å². The van der Waals surface area contributed by atoms with E-state index >= 15 is 0 Å². The minimum Gasteiger partial charge on any atom is -0.478 e. The van der Waals surface area contributed by atoms with Gasteiger partial charge in [-0.3, -0.25) is 4.98 Å². The summed E-state index contributed by atoms with van der Waals surface area (Å²) in [4.78, 5) is 15.3. The molecule has 0 saturated carbocycles. The smallest absolute Gasteiger partial charge is 0.339 e. The number of hydrogen-bond acceptors (Lipinski definition) is 3. The quantitative estimate of drug-likeness (QED) is 0.881. The number of anilines is 1. The molecular formula is C14H13ClN2O2. The minimum absolute atomic E-state index is 0.102. The molecule has 0 unspecified atom stereocenters. The number of halogens is 1. The number of nitrogens with one attached hydrogen (secondary N) is 1. The van der Waals surface area contributed by atoms with E-state index in [-0.39, 0.29) is 10.6 Å². The number of carboxylic acids is 1. The number of aromatic carboxylic acids is 1. The van der Waals surface area contributed by atoms with Crippen LogP contribution < -0.4 is 5.32 Å². The Morgan fingerprint density at radius 2 is 2.11 bits per heavy atom. The van der Waals surface area contributed by atoms with Crippen LogP contribution in [0, 0.1) is 0 Å². The van der Waals surface area contributed by atoms with E-state index in [2.05, 4.69) is 10.3 Å². The van der Waals surface area contributed by atoms with Gasteiger partial charge in [-0.1, -0.05) is 23.7 Å². The first kappa shape index (κ1) is 13.4. The van der Waals surface area contributed by atoms with Crippen LogP contribution >= 0.6 is 11.6 Å². The van der Waals surface area contributed by atoms with E-state index in [0.29, 0.717) is 18.7 Å². The largest absolute Gasteiger partial charge is 0.478 e. The molecule has 2 N–H and O–H groups in total. The van der Waals surface area contributed by atoms with E-state index in [9.17, 15) is 4.79 Å². The molecule has 0 fully saturated rings. The first-order valence-corrected chi connectivity index (χ1v) is 6.22. The first-order valence-electron chi connectivity index (χ1n) is 5.84. The lowest BCUT2D eigenvalue weighted by Crippen LogP contribution is -2.10. The van der Waals surface area contributed by atoms with E-state index in [1.54, 1.807) is 24.4 Å². The van der Waals surface area contributed by atoms with Gasteiger partial charge < -0.3 is 10.4 Å². The van der Waals surface area contributed by atoms with Crippen LogP contribution in [0.5, 0.6) is 0 Å². The van der Waals surface area contributed by atoms with Gasteiger partial charge >= 0.3 is 5.97 Å². The summed E-state index contributed by atoms with van der Waals surface area (Å²) in [6, 6.07) is 10.7. The van der Waals surface area contributed by atoms with Crippen LogP contribution in [0.4, 0.5) is 5.69 Å². The van der Waals surface area contributed by atoms with Crippen LogP contribution in [0.1, 0.15) is 16.1 Å². The molecule has 0 bridgehead atoms. The first-order chi connectivity index (χ1) is 9.18. The Kier molecular flexibility index (Phi) is 4.36. The van der Waals surface area contributed by atoms with E-state index in [0.717, 1.165) is 5.69 Å². The van der Waals surface area contributed by atoms with E-state index in [1.807, 2.05) is 18.2 Å². The van der Waals surface area contributed by atoms with Gasteiger partial charge in [0.25, 0.3) is 0 Å². The van der Waals surface area contributed by atoms with Crippen molar-refractivity contribution in [1.29, 1.82) is 0 Å². The Labute approximate surface area is 116 Å². The van der Waals surface area contributed by atoms with Crippen molar-refractivity contribution in [2.45, 2.75) is 6.42 Å². The predicted molar refractivity (Wildman–Crippen MR) is 74.8 cm³/mol. The molecule has 0 amide bonds. The lowest BCUT2D eigenvalue weighted by atomic mass is 10.1. The fourth-order valence-electron chi connectivity index (χ4n) is 1.76. The third-order valence-electron chi connectivity index (χ3n) is 2.65. The Hall–Kier alpha value is -2.07. The lowest BCUT2D eigenvalue weighted by Gasteiger charge is -2.10. The van der Waals surface area contributed by atoms with Gasteiger partial charge in [-0.05, 0) is 24.3 Å². The van der Waals surface area contributed by atoms with Crippen LogP contribution in [-0.2, 0) is 6.42 Å². The zero-order chi connectivity index (χ0) is 13.7. The monoisotopic (exact) mass is 276 g/mol. The van der Waals surface area contributed by atoms with E-state index < -0.39 is 5.97 Å². The van der Waals surface area contributed by atoms with Crippen LogP contribution in [0.15, 0.2) is 42.6 Å². The summed E-state index contributed by atoms with van der Waals surface area (Å²) in [7, 11) is 0. The number of nitrogens with zero attached hydrogens (tertiary/aromatic N) is 1. The van der Waals surface area contributed by atoms with Gasteiger partial charge in [-0.2, -0.15) is 0 Å². The molecule has 2 rings (SSSR count). The number of carbonyl (C=O) groups is 1. The Balaban J connectivity index is 2.04. The van der Waals surface area contributed by atoms with Crippen molar-refractivity contribution in [3.05, 3.63) is 58.9 Å². The maximum atomic E-state index is 11.1. The fraction of sp³-hybridized carbons (Fsp3) is 0.143. The van der Waals surface area contributed by atoms with Gasteiger partial charge in [0.2, 0.25) is 0 Å². The molecule has 1 aromatic heterocycles. The van der Waals surface area contributed by atoms with Crippen molar-refractivity contribution < 1.29 is 9.90 Å². The molecule has 0 atom stereocenters. The SMILES string of the molecule is O=C(O)c1c(Cl)cccc1NCCc1ccccn1. The molecule has 0 saturated heterocycles. The van der Waals surface area contributed by atoms with Crippen molar-refractivity contribution in [2.24, 2.45) is 0 Å². The maximum absolute atomic E-state index is 11.1. The predicted octanol–water partition coefficient (Wildman–Crippen LogP) is 3.09. The summed E-state index contributed by atoms with van der Waals surface area (Å²) in [5.41, 5.74) is 1.58. The lowest BCUT2D eigenvalue weighted by molar-refractivity contribution is 0.0698. The van der Waals surface area contributed by atoms with Crippen LogP contribution in [0.3, 0.4) is 0 Å². The second-order valence-electron chi connectivity index (χ2n) is 3.97. The molecule has 0 spiro atoms. The van der Waals surface area contributed by atoms with E-state index in [1.165, 1.54) is 0 Å². The summed E-state index contributed by atoms with van der Waals surface area (Å²) in [6.45, 7) is 0.595. The molecule has 0 radical (unpaired) electrons. The highest BCUT2D eigenvalue weighted by Crippen LogP contribution is 2.24. The Morgan fingerprint density at radius 1 is 1.26 bits per heavy atom. The zero-order valence-electron chi connectivity index (χ0n) is 10.1. The third kappa shape index (κ3) is 3.45. The number of carboxylic acid groups (broad SMARTS) is 1. The average molecular weight is 277 g/mol. The molecule has 2 aromatic rings. The summed E-state index contributed by atoms with van der Waals surface area (Å²) in [5, 5.41) is 12.4. The molecule has 5 heteroatoms. The van der Waals surface area contributed by atoms with Gasteiger partial charge in [-0.15, -0.1) is 0 Å². The normalized spacial score (nSPS) is 10.2. The van der Waals surface area contributed by atoms with Gasteiger partial charge in [0.05, 0.1) is 10.7 Å². The van der Waals surface area contributed by atoms with Crippen LogP contribution in [-0.4, -0.2) is 22.6 Å². The highest BCUT2D eigenvalue weighted by molar-refractivity contribution is 6.34. The number of pyridine rings is 1. The second kappa shape index (κ2) is 6.20. The molecule has 0 aliphatic heterocycles. The molecule has 0 aliphatic carbocycles. The molecule has 4 nitrogen and oxygen atoms in total. The molecule has 0 aliphatic rings. The third-order valence-corrected chi connectivity index (χ3v) is 2.97. The second-order valence-corrected chi connectivity index (χ2v) is 4.37. The minimum atomic E-state index is -1.04. The molecular weight excluding hydrogens is 264 g/mol. The molecule has 19 heavy (non-hydrogen) atoms. The average Bonchev–Trinajstić information content (AvgIpc) is 2.39. The fourth-order valence-corrected chi connectivity index (χ4v) is 2.02. The Morgan fingerprint density at radius 3 is 2.79 bits per heavy atom. The van der Waals surface area contributed by atoms with Crippen molar-refractivity contribution in [1.82, 2.24) is 4.98 Å². The Bertz CT molecular complexity index is 573. The number of aromatic nitrogens is 1. The van der Waals surface area contributed by atoms with Crippen LogP contribution in [0.2, 0.25) is 5.02 Å². The molecule has 98 valence electrons. The maximum Gasteiger partial charge on any atom is 0.339 e. The highest BCUT2D eigenvalue weighted by atomic mass is 35.5. The van der Waals surface area contributed by atoms with Crippen molar-refractivity contribution >= 4 is 23.3 Å². The number of benzene rings is 1. The van der Waals surface area contributed by atoms with Gasteiger partial charge in [0, 0.05) is 24.9 Å². The van der Waals surface area contributed by atoms with Gasteiger partial charge in [0.15, 0.2) is 0 Å². The van der Waals surface area contributed by atoms with Gasteiger partial charge in [-0.25, -0.2) is 4.79 Å². The van der Waals surface area contributed by atoms with Crippen LogP contribution in [0.25, 0.3) is 0 Å². The molecule has 1 aromatic carbocycles. The summed E-state index contributed by atoms with van der Waals surface area (Å²) < 4.78 is 0. The molecule has 1 heterocycles. The highest BCUT2D eigenvalue weighted by Gasteiger charge is 2.13. The summed E-state index contributed by atoms with van der Waals surface area (Å²) in [6.07, 6.45) is 2.45. The van der Waals surface area contributed by atoms with Gasteiger partial charge in [0.1, 0.15) is 5.56 Å². The van der Waals surface area contributed by atoms with Crippen molar-refractivity contribution in [2.75, 3.05) is 11.9 Å². The summed E-state index contributed by atoms with van der Waals surface area (Å²) in [5.74, 6) is -1.04. The zero-order valence-corrected chi connectivity index (χ0v) is 10.9.